The number of hydrogen-bond donors (Lipinski definition) is 1. The molecule has 3 aromatic heterocycles. The fourth-order valence-corrected chi connectivity index (χ4v) is 3.79. The summed E-state index contributed by atoms with van der Waals surface area (Å²) in [6.07, 6.45) is -0.957. The van der Waals surface area contributed by atoms with E-state index < -0.39 is 6.43 Å². The fraction of sp³-hybridized carbons (Fsp3) is 0.304. The summed E-state index contributed by atoms with van der Waals surface area (Å²) in [6.45, 7) is 6.55. The minimum absolute atomic E-state index is 0.126. The number of aryl methyl sites for hydroxylation is 2. The lowest BCUT2D eigenvalue weighted by molar-refractivity contribution is -0.121. The molecule has 0 saturated heterocycles. The molecule has 1 amide bonds. The van der Waals surface area contributed by atoms with Gasteiger partial charge in [0.25, 0.3) is 6.43 Å². The number of alkyl halides is 2. The zero-order chi connectivity index (χ0) is 22.8. The van der Waals surface area contributed by atoms with Crippen LogP contribution < -0.4 is 5.32 Å². The topological polar surface area (TPSA) is 77.6 Å². The first kappa shape index (κ1) is 21.6. The quantitative estimate of drug-likeness (QED) is 0.470. The van der Waals surface area contributed by atoms with Crippen molar-refractivity contribution in [2.24, 2.45) is 0 Å². The Hall–Kier alpha value is -3.62. The molecule has 32 heavy (non-hydrogen) atoms. The molecule has 166 valence electrons. The van der Waals surface area contributed by atoms with Crippen LogP contribution >= 0.6 is 0 Å². The largest absolute Gasteiger partial charge is 0.350 e. The van der Waals surface area contributed by atoms with Crippen LogP contribution in [0.5, 0.6) is 0 Å². The van der Waals surface area contributed by atoms with Gasteiger partial charge in [-0.3, -0.25) is 9.48 Å². The molecular weight excluding hydrogens is 414 g/mol. The Morgan fingerprint density at radius 2 is 1.91 bits per heavy atom. The molecule has 0 atom stereocenters. The van der Waals surface area contributed by atoms with Gasteiger partial charge in [0.15, 0.2) is 5.65 Å². The SMILES string of the molecule is CCn1ncc(CNC(=O)Cn2nc(C)c3c(C(F)F)cc(-c4ccccc4)nc32)c1C. The third-order valence-corrected chi connectivity index (χ3v) is 5.49. The molecule has 0 unspecified atom stereocenters. The van der Waals surface area contributed by atoms with E-state index in [0.717, 1.165) is 23.4 Å². The maximum absolute atomic E-state index is 13.9. The first-order valence-corrected chi connectivity index (χ1v) is 10.4. The van der Waals surface area contributed by atoms with Crippen molar-refractivity contribution in [3.8, 4) is 11.3 Å². The number of benzene rings is 1. The van der Waals surface area contributed by atoms with Crippen LogP contribution in [0.3, 0.4) is 0 Å². The molecule has 0 aliphatic rings. The van der Waals surface area contributed by atoms with Gasteiger partial charge in [0.1, 0.15) is 6.54 Å². The lowest BCUT2D eigenvalue weighted by Crippen LogP contribution is -2.27. The van der Waals surface area contributed by atoms with Crippen molar-refractivity contribution in [2.45, 2.75) is 46.8 Å². The summed E-state index contributed by atoms with van der Waals surface area (Å²) < 4.78 is 31.0. The minimum Gasteiger partial charge on any atom is -0.350 e. The maximum Gasteiger partial charge on any atom is 0.264 e. The van der Waals surface area contributed by atoms with Gasteiger partial charge < -0.3 is 5.32 Å². The van der Waals surface area contributed by atoms with Gasteiger partial charge in [-0.2, -0.15) is 10.2 Å². The summed E-state index contributed by atoms with van der Waals surface area (Å²) in [6, 6.07) is 10.5. The number of aromatic nitrogens is 5. The predicted octanol–water partition coefficient (Wildman–Crippen LogP) is 4.19. The number of nitrogens with one attached hydrogen (secondary N) is 1. The second-order valence-electron chi connectivity index (χ2n) is 7.55. The summed E-state index contributed by atoms with van der Waals surface area (Å²) >= 11 is 0. The van der Waals surface area contributed by atoms with Gasteiger partial charge in [0, 0.05) is 35.5 Å². The number of hydrogen-bond acceptors (Lipinski definition) is 4. The molecule has 1 aromatic carbocycles. The van der Waals surface area contributed by atoms with Crippen molar-refractivity contribution in [2.75, 3.05) is 0 Å². The number of halogens is 2. The molecule has 0 spiro atoms. The van der Waals surface area contributed by atoms with Gasteiger partial charge in [-0.1, -0.05) is 30.3 Å². The maximum atomic E-state index is 13.9. The molecule has 0 radical (unpaired) electrons. The molecule has 0 fully saturated rings. The average molecular weight is 438 g/mol. The third kappa shape index (κ3) is 4.10. The van der Waals surface area contributed by atoms with Gasteiger partial charge in [-0.15, -0.1) is 0 Å². The molecular formula is C23H24F2N6O. The Balaban J connectivity index is 1.64. The fourth-order valence-electron chi connectivity index (χ4n) is 3.79. The number of rotatable bonds is 7. The normalized spacial score (nSPS) is 11.4. The van der Waals surface area contributed by atoms with E-state index in [1.165, 1.54) is 10.7 Å². The zero-order valence-electron chi connectivity index (χ0n) is 18.1. The van der Waals surface area contributed by atoms with E-state index in [9.17, 15) is 13.6 Å². The molecule has 4 aromatic rings. The number of carbonyl (C=O) groups excluding carboxylic acids is 1. The molecule has 0 aliphatic heterocycles. The van der Waals surface area contributed by atoms with Crippen LogP contribution in [-0.2, 0) is 24.4 Å². The molecule has 0 aliphatic carbocycles. The van der Waals surface area contributed by atoms with E-state index in [1.807, 2.05) is 48.9 Å². The Kier molecular flexibility index (Phi) is 5.98. The van der Waals surface area contributed by atoms with Gasteiger partial charge in [0.05, 0.1) is 23.0 Å². The number of carbonyl (C=O) groups is 1. The first-order chi connectivity index (χ1) is 15.4. The summed E-state index contributed by atoms with van der Waals surface area (Å²) in [5.41, 5.74) is 3.59. The highest BCUT2D eigenvalue weighted by molar-refractivity contribution is 5.87. The minimum atomic E-state index is -2.69. The average Bonchev–Trinajstić information content (AvgIpc) is 3.31. The highest BCUT2D eigenvalue weighted by atomic mass is 19.3. The molecule has 0 bridgehead atoms. The molecule has 7 nitrogen and oxygen atoms in total. The van der Waals surface area contributed by atoms with Crippen LogP contribution in [0, 0.1) is 13.8 Å². The van der Waals surface area contributed by atoms with Crippen molar-refractivity contribution >= 4 is 16.9 Å². The van der Waals surface area contributed by atoms with Crippen LogP contribution in [0.15, 0.2) is 42.6 Å². The van der Waals surface area contributed by atoms with Crippen molar-refractivity contribution in [1.29, 1.82) is 0 Å². The van der Waals surface area contributed by atoms with Crippen molar-refractivity contribution in [3.05, 3.63) is 65.1 Å². The summed E-state index contributed by atoms with van der Waals surface area (Å²) in [5, 5.41) is 11.8. The van der Waals surface area contributed by atoms with Crippen molar-refractivity contribution in [3.63, 3.8) is 0 Å². The lowest BCUT2D eigenvalue weighted by atomic mass is 10.1. The molecule has 9 heteroatoms. The molecule has 3 heterocycles. The Morgan fingerprint density at radius 1 is 1.16 bits per heavy atom. The summed E-state index contributed by atoms with van der Waals surface area (Å²) in [4.78, 5) is 17.2. The van der Waals surface area contributed by atoms with E-state index in [0.29, 0.717) is 17.9 Å². The van der Waals surface area contributed by atoms with Crippen molar-refractivity contribution < 1.29 is 13.6 Å². The smallest absolute Gasteiger partial charge is 0.264 e. The monoisotopic (exact) mass is 438 g/mol. The van der Waals surface area contributed by atoms with Gasteiger partial charge in [-0.25, -0.2) is 18.4 Å². The van der Waals surface area contributed by atoms with E-state index in [1.54, 1.807) is 13.1 Å². The number of amides is 1. The lowest BCUT2D eigenvalue weighted by Gasteiger charge is -2.09. The van der Waals surface area contributed by atoms with Crippen molar-refractivity contribution in [1.82, 2.24) is 29.9 Å². The molecule has 4 rings (SSSR count). The van der Waals surface area contributed by atoms with Crippen LogP contribution in [0.25, 0.3) is 22.3 Å². The van der Waals surface area contributed by atoms with E-state index in [4.69, 9.17) is 0 Å². The first-order valence-electron chi connectivity index (χ1n) is 10.4. The van der Waals surface area contributed by atoms with Gasteiger partial charge >= 0.3 is 0 Å². The number of pyridine rings is 1. The van der Waals surface area contributed by atoms with E-state index >= 15 is 0 Å². The van der Waals surface area contributed by atoms with Crippen LogP contribution in [0.2, 0.25) is 0 Å². The Morgan fingerprint density at radius 3 is 2.56 bits per heavy atom. The molecule has 1 N–H and O–H groups in total. The van der Waals surface area contributed by atoms with Gasteiger partial charge in [-0.05, 0) is 26.8 Å². The van der Waals surface area contributed by atoms with Gasteiger partial charge in [0.2, 0.25) is 5.91 Å². The predicted molar refractivity (Wildman–Crippen MR) is 117 cm³/mol. The van der Waals surface area contributed by atoms with Crippen LogP contribution in [0.1, 0.15) is 35.9 Å². The summed E-state index contributed by atoms with van der Waals surface area (Å²) in [7, 11) is 0. The second-order valence-corrected chi connectivity index (χ2v) is 7.55. The van der Waals surface area contributed by atoms with Crippen LogP contribution in [0.4, 0.5) is 8.78 Å². The highest BCUT2D eigenvalue weighted by Crippen LogP contribution is 2.32. The number of fused-ring (bicyclic) bond motifs is 1. The zero-order valence-corrected chi connectivity index (χ0v) is 18.1. The summed E-state index contributed by atoms with van der Waals surface area (Å²) in [5.74, 6) is -0.288. The van der Waals surface area contributed by atoms with Crippen LogP contribution in [-0.4, -0.2) is 30.5 Å². The second kappa shape index (κ2) is 8.86. The highest BCUT2D eigenvalue weighted by Gasteiger charge is 2.22. The Bertz CT molecular complexity index is 1260. The standard InChI is InChI=1S/C23H24F2N6O/c1-4-30-15(3)17(12-27-30)11-26-20(32)13-31-23-21(14(2)29-31)18(22(24)25)10-19(28-23)16-8-6-5-7-9-16/h5-10,12,22H,4,11,13H2,1-3H3,(H,26,32). The van der Waals surface area contributed by atoms with E-state index in [-0.39, 0.29) is 29.0 Å². The molecule has 0 saturated carbocycles. The van der Waals surface area contributed by atoms with E-state index in [2.05, 4.69) is 20.5 Å². The number of nitrogens with zero attached hydrogens (tertiary/aromatic N) is 5. The third-order valence-electron chi connectivity index (χ3n) is 5.49. The Labute approximate surface area is 184 Å².